The molecule has 0 bridgehead atoms. The number of pyridine rings is 1. The van der Waals surface area contributed by atoms with Crippen molar-refractivity contribution in [2.45, 2.75) is 59.6 Å². The van der Waals surface area contributed by atoms with Crippen molar-refractivity contribution in [2.75, 3.05) is 6.54 Å². The van der Waals surface area contributed by atoms with Crippen LogP contribution >= 0.6 is 0 Å². The average Bonchev–Trinajstić information content (AvgIpc) is 2.44. The third-order valence-electron chi connectivity index (χ3n) is 4.52. The second-order valence-corrected chi connectivity index (χ2v) is 7.04. The molecule has 1 aromatic heterocycles. The number of nitrogens with zero attached hydrogens (tertiary/aromatic N) is 1. The van der Waals surface area contributed by atoms with Gasteiger partial charge in [-0.1, -0.05) is 33.8 Å². The second-order valence-electron chi connectivity index (χ2n) is 7.04. The fourth-order valence-electron chi connectivity index (χ4n) is 2.87. The molecule has 0 radical (unpaired) electrons. The lowest BCUT2D eigenvalue weighted by Crippen LogP contribution is -2.29. The largest absolute Gasteiger partial charge is 0.474 e. The van der Waals surface area contributed by atoms with Crippen molar-refractivity contribution in [3.8, 4) is 5.88 Å². The Morgan fingerprint density at radius 1 is 1.24 bits per heavy atom. The molecule has 0 amide bonds. The number of rotatable bonds is 6. The van der Waals surface area contributed by atoms with E-state index in [-0.39, 0.29) is 0 Å². The van der Waals surface area contributed by atoms with Gasteiger partial charge in [-0.25, -0.2) is 4.98 Å². The van der Waals surface area contributed by atoms with Gasteiger partial charge in [0, 0.05) is 18.8 Å². The third kappa shape index (κ3) is 5.31. The molecular formula is C18H30N2O. The molecule has 3 unspecified atom stereocenters. The summed E-state index contributed by atoms with van der Waals surface area (Å²) in [6.07, 6.45) is 5.85. The predicted octanol–water partition coefficient (Wildman–Crippen LogP) is 4.03. The molecule has 1 saturated carbocycles. The van der Waals surface area contributed by atoms with Crippen molar-refractivity contribution in [2.24, 2.45) is 17.8 Å². The van der Waals surface area contributed by atoms with Crippen LogP contribution < -0.4 is 10.1 Å². The SMILES string of the molecule is CC(C)CNCc1ccc(OC2CCC(C)C(C)C2)nc1. The maximum absolute atomic E-state index is 6.04. The first-order valence-corrected chi connectivity index (χ1v) is 8.37. The molecule has 2 rings (SSSR count). The Balaban J connectivity index is 1.79. The molecule has 0 aliphatic heterocycles. The number of aromatic nitrogens is 1. The molecule has 3 nitrogen and oxygen atoms in total. The molecule has 1 aliphatic carbocycles. The first kappa shape index (κ1) is 16.3. The number of nitrogens with one attached hydrogen (secondary N) is 1. The summed E-state index contributed by atoms with van der Waals surface area (Å²) < 4.78 is 6.04. The number of ether oxygens (including phenoxy) is 1. The van der Waals surface area contributed by atoms with Crippen LogP contribution in [-0.2, 0) is 6.54 Å². The molecule has 3 atom stereocenters. The fourth-order valence-corrected chi connectivity index (χ4v) is 2.87. The average molecular weight is 290 g/mol. The molecular weight excluding hydrogens is 260 g/mol. The Kier molecular flexibility index (Phi) is 6.04. The smallest absolute Gasteiger partial charge is 0.213 e. The van der Waals surface area contributed by atoms with Crippen LogP contribution in [0.4, 0.5) is 0 Å². The van der Waals surface area contributed by atoms with Crippen LogP contribution in [-0.4, -0.2) is 17.6 Å². The zero-order valence-electron chi connectivity index (χ0n) is 13.9. The number of hydrogen-bond acceptors (Lipinski definition) is 3. The summed E-state index contributed by atoms with van der Waals surface area (Å²) in [4.78, 5) is 4.45. The summed E-state index contributed by atoms with van der Waals surface area (Å²) in [6, 6.07) is 4.12. The van der Waals surface area contributed by atoms with Crippen molar-refractivity contribution >= 4 is 0 Å². The first-order chi connectivity index (χ1) is 10.0. The summed E-state index contributed by atoms with van der Waals surface area (Å²) in [7, 11) is 0. The monoisotopic (exact) mass is 290 g/mol. The van der Waals surface area contributed by atoms with Gasteiger partial charge in [0.2, 0.25) is 5.88 Å². The molecule has 118 valence electrons. The van der Waals surface area contributed by atoms with Gasteiger partial charge < -0.3 is 10.1 Å². The van der Waals surface area contributed by atoms with Crippen LogP contribution in [0, 0.1) is 17.8 Å². The van der Waals surface area contributed by atoms with Gasteiger partial charge in [-0.15, -0.1) is 0 Å². The summed E-state index contributed by atoms with van der Waals surface area (Å²) in [5.74, 6) is 3.03. The lowest BCUT2D eigenvalue weighted by atomic mass is 9.80. The van der Waals surface area contributed by atoms with Crippen molar-refractivity contribution in [3.05, 3.63) is 23.9 Å². The van der Waals surface area contributed by atoms with Crippen LogP contribution in [0.2, 0.25) is 0 Å². The van der Waals surface area contributed by atoms with E-state index in [1.165, 1.54) is 12.0 Å². The predicted molar refractivity (Wildman–Crippen MR) is 87.4 cm³/mol. The van der Waals surface area contributed by atoms with Gasteiger partial charge in [0.25, 0.3) is 0 Å². The minimum absolute atomic E-state index is 0.341. The molecule has 1 heterocycles. The van der Waals surface area contributed by atoms with Gasteiger partial charge in [-0.2, -0.15) is 0 Å². The summed E-state index contributed by atoms with van der Waals surface area (Å²) in [5, 5.41) is 3.43. The molecule has 1 N–H and O–H groups in total. The van der Waals surface area contributed by atoms with Gasteiger partial charge in [0.1, 0.15) is 6.10 Å². The molecule has 1 fully saturated rings. The van der Waals surface area contributed by atoms with Gasteiger partial charge in [0.05, 0.1) is 0 Å². The topological polar surface area (TPSA) is 34.1 Å². The molecule has 21 heavy (non-hydrogen) atoms. The van der Waals surface area contributed by atoms with E-state index in [0.29, 0.717) is 12.0 Å². The molecule has 1 aromatic rings. The number of hydrogen-bond donors (Lipinski definition) is 1. The quantitative estimate of drug-likeness (QED) is 0.859. The maximum atomic E-state index is 6.04. The highest BCUT2D eigenvalue weighted by Crippen LogP contribution is 2.31. The van der Waals surface area contributed by atoms with E-state index in [0.717, 1.165) is 43.6 Å². The standard InChI is InChI=1S/C18H30N2O/c1-13(2)10-19-11-16-6-8-18(20-12-16)21-17-7-5-14(3)15(4)9-17/h6,8,12-15,17,19H,5,7,9-11H2,1-4H3. The highest BCUT2D eigenvalue weighted by atomic mass is 16.5. The summed E-state index contributed by atoms with van der Waals surface area (Å²) in [6.45, 7) is 11.0. The van der Waals surface area contributed by atoms with E-state index in [4.69, 9.17) is 4.74 Å². The van der Waals surface area contributed by atoms with Crippen molar-refractivity contribution in [3.63, 3.8) is 0 Å². The van der Waals surface area contributed by atoms with E-state index in [9.17, 15) is 0 Å². The minimum atomic E-state index is 0.341. The van der Waals surface area contributed by atoms with Crippen LogP contribution in [0.25, 0.3) is 0 Å². The molecule has 0 aromatic carbocycles. The van der Waals surface area contributed by atoms with Gasteiger partial charge in [-0.05, 0) is 49.1 Å². The summed E-state index contributed by atoms with van der Waals surface area (Å²) >= 11 is 0. The Labute approximate surface area is 129 Å². The van der Waals surface area contributed by atoms with Crippen molar-refractivity contribution < 1.29 is 4.74 Å². The Bertz CT molecular complexity index is 416. The van der Waals surface area contributed by atoms with Crippen molar-refractivity contribution in [1.82, 2.24) is 10.3 Å². The van der Waals surface area contributed by atoms with Crippen LogP contribution in [0.5, 0.6) is 5.88 Å². The van der Waals surface area contributed by atoms with Gasteiger partial charge in [0.15, 0.2) is 0 Å². The Morgan fingerprint density at radius 3 is 2.67 bits per heavy atom. The lowest BCUT2D eigenvalue weighted by Gasteiger charge is -2.31. The lowest BCUT2D eigenvalue weighted by molar-refractivity contribution is 0.0964. The Hall–Kier alpha value is -1.09. The molecule has 0 spiro atoms. The highest BCUT2D eigenvalue weighted by molar-refractivity contribution is 5.18. The van der Waals surface area contributed by atoms with E-state index >= 15 is 0 Å². The molecule has 0 saturated heterocycles. The highest BCUT2D eigenvalue weighted by Gasteiger charge is 2.25. The minimum Gasteiger partial charge on any atom is -0.474 e. The molecule has 3 heteroatoms. The van der Waals surface area contributed by atoms with Crippen LogP contribution in [0.3, 0.4) is 0 Å². The van der Waals surface area contributed by atoms with Crippen molar-refractivity contribution in [1.29, 1.82) is 0 Å². The van der Waals surface area contributed by atoms with E-state index in [2.05, 4.69) is 44.1 Å². The van der Waals surface area contributed by atoms with Gasteiger partial charge >= 0.3 is 0 Å². The first-order valence-electron chi connectivity index (χ1n) is 8.37. The van der Waals surface area contributed by atoms with Crippen LogP contribution in [0.15, 0.2) is 18.3 Å². The third-order valence-corrected chi connectivity index (χ3v) is 4.52. The van der Waals surface area contributed by atoms with Gasteiger partial charge in [-0.3, -0.25) is 0 Å². The summed E-state index contributed by atoms with van der Waals surface area (Å²) in [5.41, 5.74) is 1.22. The van der Waals surface area contributed by atoms with Crippen LogP contribution in [0.1, 0.15) is 52.5 Å². The normalized spacial score (nSPS) is 26.0. The van der Waals surface area contributed by atoms with E-state index in [1.54, 1.807) is 0 Å². The van der Waals surface area contributed by atoms with E-state index < -0.39 is 0 Å². The van der Waals surface area contributed by atoms with E-state index in [1.807, 2.05) is 12.3 Å². The maximum Gasteiger partial charge on any atom is 0.213 e. The zero-order valence-corrected chi connectivity index (χ0v) is 13.9. The fraction of sp³-hybridized carbons (Fsp3) is 0.722. The Morgan fingerprint density at radius 2 is 2.05 bits per heavy atom. The zero-order chi connectivity index (χ0) is 15.2. The molecule has 1 aliphatic rings. The second kappa shape index (κ2) is 7.79.